The average molecular weight is 408 g/mol. The van der Waals surface area contributed by atoms with E-state index in [4.69, 9.17) is 28.2 Å². The summed E-state index contributed by atoms with van der Waals surface area (Å²) in [5.74, 6) is 1.90. The van der Waals surface area contributed by atoms with Gasteiger partial charge in [-0.2, -0.15) is 0 Å². The molecule has 2 aliphatic rings. The lowest BCUT2D eigenvalue weighted by Gasteiger charge is -2.32. The van der Waals surface area contributed by atoms with E-state index in [0.29, 0.717) is 10.0 Å². The van der Waals surface area contributed by atoms with Crippen molar-refractivity contribution in [3.8, 4) is 0 Å². The van der Waals surface area contributed by atoms with E-state index in [-0.39, 0.29) is 5.54 Å². The van der Waals surface area contributed by atoms with Crippen LogP contribution in [0.15, 0.2) is 21.6 Å². The molecular formula is C15H17BrCl2N2S. The van der Waals surface area contributed by atoms with Crippen molar-refractivity contribution in [3.63, 3.8) is 0 Å². The molecule has 6 heteroatoms. The summed E-state index contributed by atoms with van der Waals surface area (Å²) in [6, 6.07) is 3.68. The highest BCUT2D eigenvalue weighted by Crippen LogP contribution is 2.42. The van der Waals surface area contributed by atoms with Gasteiger partial charge >= 0.3 is 0 Å². The predicted octanol–water partition coefficient (Wildman–Crippen LogP) is 6.22. The lowest BCUT2D eigenvalue weighted by Crippen LogP contribution is -2.32. The molecule has 0 bridgehead atoms. The van der Waals surface area contributed by atoms with Gasteiger partial charge in [-0.15, -0.1) is 0 Å². The zero-order chi connectivity index (χ0) is 15.0. The van der Waals surface area contributed by atoms with Crippen LogP contribution in [-0.4, -0.2) is 16.5 Å². The summed E-state index contributed by atoms with van der Waals surface area (Å²) in [6.45, 7) is 2.33. The van der Waals surface area contributed by atoms with Gasteiger partial charge in [-0.25, -0.2) is 0 Å². The molecular weight excluding hydrogens is 391 g/mol. The van der Waals surface area contributed by atoms with Gasteiger partial charge in [-0.1, -0.05) is 57.8 Å². The molecule has 0 atom stereocenters. The first kappa shape index (κ1) is 16.0. The Kier molecular flexibility index (Phi) is 4.80. The van der Waals surface area contributed by atoms with Gasteiger partial charge in [0.15, 0.2) is 5.17 Å². The third-order valence-corrected chi connectivity index (χ3v) is 6.46. The van der Waals surface area contributed by atoms with Crippen LogP contribution in [0.4, 0.5) is 5.69 Å². The highest BCUT2D eigenvalue weighted by Gasteiger charge is 2.38. The molecule has 3 rings (SSSR count). The second kappa shape index (κ2) is 6.31. The molecule has 1 aromatic rings. The fourth-order valence-corrected chi connectivity index (χ4v) is 5.36. The van der Waals surface area contributed by atoms with E-state index in [0.717, 1.165) is 27.0 Å². The minimum Gasteiger partial charge on any atom is -0.333 e. The topological polar surface area (TPSA) is 24.4 Å². The Balaban J connectivity index is 1.77. The number of rotatable bonds is 1. The van der Waals surface area contributed by atoms with Gasteiger partial charge in [-0.3, -0.25) is 4.99 Å². The molecule has 114 valence electrons. The molecule has 0 radical (unpaired) electrons. The molecule has 21 heavy (non-hydrogen) atoms. The Bertz CT molecular complexity index is 560. The van der Waals surface area contributed by atoms with E-state index in [1.807, 2.05) is 12.1 Å². The maximum atomic E-state index is 6.27. The molecule has 1 saturated carbocycles. The lowest BCUT2D eigenvalue weighted by molar-refractivity contribution is 0.273. The van der Waals surface area contributed by atoms with Crippen LogP contribution < -0.4 is 5.32 Å². The first-order chi connectivity index (χ1) is 9.97. The Morgan fingerprint density at radius 1 is 1.29 bits per heavy atom. The minimum atomic E-state index is 0.133. The van der Waals surface area contributed by atoms with Crippen molar-refractivity contribution in [2.75, 3.05) is 11.1 Å². The van der Waals surface area contributed by atoms with Crippen LogP contribution in [0.5, 0.6) is 0 Å². The molecule has 0 saturated heterocycles. The summed E-state index contributed by atoms with van der Waals surface area (Å²) >= 11 is 17.7. The lowest BCUT2D eigenvalue weighted by atomic mass is 9.79. The van der Waals surface area contributed by atoms with Crippen molar-refractivity contribution < 1.29 is 0 Å². The molecule has 2 nitrogen and oxygen atoms in total. The Labute approximate surface area is 148 Å². The zero-order valence-electron chi connectivity index (χ0n) is 11.8. The normalized spacial score (nSPS) is 28.8. The van der Waals surface area contributed by atoms with Gasteiger partial charge in [-0.05, 0) is 43.7 Å². The number of hydrogen-bond donors (Lipinski definition) is 1. The van der Waals surface area contributed by atoms with Gasteiger partial charge in [0, 0.05) is 10.2 Å². The molecule has 0 aromatic heterocycles. The number of thioether (sulfide) groups is 1. The number of anilines is 1. The summed E-state index contributed by atoms with van der Waals surface area (Å²) in [5.41, 5.74) is 0.877. The van der Waals surface area contributed by atoms with Crippen molar-refractivity contribution >= 4 is 61.7 Å². The molecule has 0 unspecified atom stereocenters. The highest BCUT2D eigenvalue weighted by molar-refractivity contribution is 9.10. The SMILES string of the molecule is CC1CCC2(CC1)CSC(Nc1c(Cl)cc(Br)cc1Cl)=N2. The number of aliphatic imine (C=N–C) groups is 1. The van der Waals surface area contributed by atoms with E-state index >= 15 is 0 Å². The van der Waals surface area contributed by atoms with E-state index in [9.17, 15) is 0 Å². The number of benzene rings is 1. The fraction of sp³-hybridized carbons (Fsp3) is 0.533. The second-order valence-corrected chi connectivity index (χ2v) is 8.68. The largest absolute Gasteiger partial charge is 0.333 e. The van der Waals surface area contributed by atoms with Crippen LogP contribution >= 0.6 is 50.9 Å². The maximum Gasteiger partial charge on any atom is 0.161 e. The summed E-state index contributed by atoms with van der Waals surface area (Å²) in [6.07, 6.45) is 4.93. The number of nitrogens with one attached hydrogen (secondary N) is 1. The molecule has 0 amide bonds. The molecule has 1 fully saturated rings. The Hall–Kier alpha value is 0.1000. The van der Waals surface area contributed by atoms with Crippen LogP contribution in [0, 0.1) is 5.92 Å². The van der Waals surface area contributed by atoms with Crippen molar-refractivity contribution in [1.29, 1.82) is 0 Å². The number of hydrogen-bond acceptors (Lipinski definition) is 3. The van der Waals surface area contributed by atoms with Crippen molar-refractivity contribution in [3.05, 3.63) is 26.7 Å². The second-order valence-electron chi connectivity index (χ2n) is 5.98. The van der Waals surface area contributed by atoms with E-state index in [2.05, 4.69) is 28.2 Å². The van der Waals surface area contributed by atoms with E-state index in [1.165, 1.54) is 25.7 Å². The Morgan fingerprint density at radius 2 is 1.90 bits per heavy atom. The maximum absolute atomic E-state index is 6.27. The molecule has 1 aliphatic heterocycles. The summed E-state index contributed by atoms with van der Waals surface area (Å²) in [7, 11) is 0. The molecule has 1 N–H and O–H groups in total. The van der Waals surface area contributed by atoms with Crippen LogP contribution in [0.2, 0.25) is 10.0 Å². The summed E-state index contributed by atoms with van der Waals surface area (Å²) in [4.78, 5) is 4.95. The van der Waals surface area contributed by atoms with E-state index in [1.54, 1.807) is 11.8 Å². The molecule has 1 aromatic carbocycles. The smallest absolute Gasteiger partial charge is 0.161 e. The fourth-order valence-electron chi connectivity index (χ4n) is 2.87. The van der Waals surface area contributed by atoms with Crippen LogP contribution in [-0.2, 0) is 0 Å². The van der Waals surface area contributed by atoms with Crippen LogP contribution in [0.1, 0.15) is 32.6 Å². The van der Waals surface area contributed by atoms with Crippen molar-refractivity contribution in [2.24, 2.45) is 10.9 Å². The standard InChI is InChI=1S/C15H17BrCl2N2S/c1-9-2-4-15(5-3-9)8-21-14(20-15)19-13-11(17)6-10(16)7-12(13)18/h6-7,9H,2-5,8H2,1H3,(H,19,20). The van der Waals surface area contributed by atoms with Gasteiger partial charge in [0.1, 0.15) is 0 Å². The van der Waals surface area contributed by atoms with Crippen molar-refractivity contribution in [1.82, 2.24) is 0 Å². The third-order valence-electron chi connectivity index (χ3n) is 4.26. The highest BCUT2D eigenvalue weighted by atomic mass is 79.9. The first-order valence-electron chi connectivity index (χ1n) is 7.12. The van der Waals surface area contributed by atoms with Gasteiger partial charge in [0.05, 0.1) is 21.3 Å². The minimum absolute atomic E-state index is 0.133. The van der Waals surface area contributed by atoms with Crippen LogP contribution in [0.3, 0.4) is 0 Å². The van der Waals surface area contributed by atoms with Gasteiger partial charge in [0.25, 0.3) is 0 Å². The van der Waals surface area contributed by atoms with Gasteiger partial charge in [0.2, 0.25) is 0 Å². The van der Waals surface area contributed by atoms with Crippen LogP contribution in [0.25, 0.3) is 0 Å². The number of halogens is 3. The molecule has 1 heterocycles. The zero-order valence-corrected chi connectivity index (χ0v) is 15.7. The first-order valence-corrected chi connectivity index (χ1v) is 9.65. The molecule has 1 spiro atoms. The molecule has 1 aliphatic carbocycles. The summed E-state index contributed by atoms with van der Waals surface area (Å²) < 4.78 is 0.877. The monoisotopic (exact) mass is 406 g/mol. The average Bonchev–Trinajstić information content (AvgIpc) is 2.81. The number of amidine groups is 1. The third kappa shape index (κ3) is 3.54. The quantitative estimate of drug-likeness (QED) is 0.597. The number of nitrogens with zero attached hydrogens (tertiary/aromatic N) is 1. The van der Waals surface area contributed by atoms with E-state index < -0.39 is 0 Å². The van der Waals surface area contributed by atoms with Gasteiger partial charge < -0.3 is 5.32 Å². The Morgan fingerprint density at radius 3 is 2.52 bits per heavy atom. The van der Waals surface area contributed by atoms with Crippen molar-refractivity contribution in [2.45, 2.75) is 38.1 Å². The predicted molar refractivity (Wildman–Crippen MR) is 98.0 cm³/mol. The summed E-state index contributed by atoms with van der Waals surface area (Å²) in [5, 5.41) is 5.47.